The Labute approximate surface area is 155 Å². The minimum absolute atomic E-state index is 0. The Hall–Kier alpha value is -2.06. The molecule has 0 aliphatic carbocycles. The van der Waals surface area contributed by atoms with Gasteiger partial charge in [0.25, 0.3) is 5.91 Å². The van der Waals surface area contributed by atoms with Crippen LogP contribution in [0.1, 0.15) is 28.9 Å². The Morgan fingerprint density at radius 3 is 2.62 bits per heavy atom. The summed E-state index contributed by atoms with van der Waals surface area (Å²) in [6.45, 7) is 1.72. The molecule has 9 heteroatoms. The summed E-state index contributed by atoms with van der Waals surface area (Å²) in [5.41, 5.74) is -0.267. The molecule has 1 fully saturated rings. The lowest BCUT2D eigenvalue weighted by Gasteiger charge is -2.31. The highest BCUT2D eigenvalue weighted by Gasteiger charge is 2.30. The van der Waals surface area contributed by atoms with Gasteiger partial charge in [0.15, 0.2) is 5.69 Å². The molecule has 0 radical (unpaired) electrons. The first-order valence-corrected chi connectivity index (χ1v) is 8.07. The Morgan fingerprint density at radius 1 is 1.27 bits per heavy atom. The second-order valence-corrected chi connectivity index (χ2v) is 6.09. The first-order chi connectivity index (χ1) is 11.9. The zero-order valence-electron chi connectivity index (χ0n) is 14.2. The highest BCUT2D eigenvalue weighted by atomic mass is 35.5. The summed E-state index contributed by atoms with van der Waals surface area (Å²) < 4.78 is 39.8. The normalized spacial score (nSPS) is 15.4. The smallest absolute Gasteiger partial charge is 0.337 e. The summed E-state index contributed by atoms with van der Waals surface area (Å²) >= 11 is 0. The molecule has 1 N–H and O–H groups in total. The molecule has 2 aromatic rings. The fourth-order valence-corrected chi connectivity index (χ4v) is 2.95. The number of amides is 1. The van der Waals surface area contributed by atoms with E-state index in [2.05, 4.69) is 10.4 Å². The molecule has 2 heterocycles. The van der Waals surface area contributed by atoms with Gasteiger partial charge in [-0.3, -0.25) is 4.79 Å². The molecule has 1 aromatic carbocycles. The largest absolute Gasteiger partial charge is 0.416 e. The Morgan fingerprint density at radius 2 is 1.96 bits per heavy atom. The number of benzene rings is 1. The van der Waals surface area contributed by atoms with Crippen molar-refractivity contribution in [2.75, 3.05) is 20.1 Å². The van der Waals surface area contributed by atoms with Gasteiger partial charge in [0, 0.05) is 19.3 Å². The predicted octanol–water partition coefficient (Wildman–Crippen LogP) is 3.14. The molecule has 0 bridgehead atoms. The monoisotopic (exact) mass is 388 g/mol. The van der Waals surface area contributed by atoms with Crippen LogP contribution in [0.15, 0.2) is 36.5 Å². The van der Waals surface area contributed by atoms with Crippen LogP contribution in [0.3, 0.4) is 0 Å². The summed E-state index contributed by atoms with van der Waals surface area (Å²) in [4.78, 5) is 14.2. The number of aromatic nitrogens is 2. The van der Waals surface area contributed by atoms with E-state index in [9.17, 15) is 18.0 Å². The fourth-order valence-electron chi connectivity index (χ4n) is 2.95. The van der Waals surface area contributed by atoms with Crippen LogP contribution in [0.4, 0.5) is 13.2 Å². The summed E-state index contributed by atoms with van der Waals surface area (Å²) in [6.07, 6.45) is -1.18. The molecule has 26 heavy (non-hydrogen) atoms. The number of hydrogen-bond donors (Lipinski definition) is 1. The average Bonchev–Trinajstić information content (AvgIpc) is 3.11. The topological polar surface area (TPSA) is 50.2 Å². The summed E-state index contributed by atoms with van der Waals surface area (Å²) in [6, 6.07) is 6.53. The van der Waals surface area contributed by atoms with E-state index < -0.39 is 11.7 Å². The number of nitrogens with zero attached hydrogens (tertiary/aromatic N) is 3. The summed E-state index contributed by atoms with van der Waals surface area (Å²) in [7, 11) is 1.74. The van der Waals surface area contributed by atoms with Gasteiger partial charge in [-0.15, -0.1) is 12.4 Å². The van der Waals surface area contributed by atoms with Crippen LogP contribution >= 0.6 is 12.4 Å². The first kappa shape index (κ1) is 20.3. The third-order valence-electron chi connectivity index (χ3n) is 4.42. The van der Waals surface area contributed by atoms with Crippen LogP contribution < -0.4 is 5.32 Å². The molecular formula is C17H20ClF3N4O. The summed E-state index contributed by atoms with van der Waals surface area (Å²) in [5, 5.41) is 7.40. The fraction of sp³-hybridized carbons (Fsp3) is 0.412. The molecule has 1 amide bonds. The standard InChI is InChI=1S/C17H19F3N4O.ClH/c1-23(13-5-8-21-9-6-13)16(25)15-7-10-24(22-15)14-4-2-3-12(11-14)17(18,19)20;/h2-4,7,10-11,13,21H,5-6,8-9H2,1H3;1H. The molecule has 1 aliphatic rings. The van der Waals surface area contributed by atoms with Gasteiger partial charge in [-0.25, -0.2) is 4.68 Å². The average molecular weight is 389 g/mol. The molecule has 0 spiro atoms. The lowest BCUT2D eigenvalue weighted by Crippen LogP contribution is -2.44. The number of piperidine rings is 1. The molecule has 1 aliphatic heterocycles. The van der Waals surface area contributed by atoms with E-state index in [0.29, 0.717) is 0 Å². The number of rotatable bonds is 3. The van der Waals surface area contributed by atoms with Crippen molar-refractivity contribution in [2.45, 2.75) is 25.1 Å². The third-order valence-corrected chi connectivity index (χ3v) is 4.42. The van der Waals surface area contributed by atoms with Gasteiger partial charge in [-0.2, -0.15) is 18.3 Å². The van der Waals surface area contributed by atoms with Crippen molar-refractivity contribution in [2.24, 2.45) is 0 Å². The van der Waals surface area contributed by atoms with Crippen molar-refractivity contribution in [3.8, 4) is 5.69 Å². The second-order valence-electron chi connectivity index (χ2n) is 6.09. The van der Waals surface area contributed by atoms with Gasteiger partial charge in [0.2, 0.25) is 0 Å². The third kappa shape index (κ3) is 4.37. The number of nitrogens with one attached hydrogen (secondary N) is 1. The maximum Gasteiger partial charge on any atom is 0.416 e. The van der Waals surface area contributed by atoms with E-state index in [1.807, 2.05) is 0 Å². The number of halogens is 4. The van der Waals surface area contributed by atoms with Crippen molar-refractivity contribution < 1.29 is 18.0 Å². The first-order valence-electron chi connectivity index (χ1n) is 8.07. The van der Waals surface area contributed by atoms with E-state index in [-0.39, 0.29) is 35.7 Å². The second kappa shape index (κ2) is 8.09. The van der Waals surface area contributed by atoms with Crippen molar-refractivity contribution in [3.63, 3.8) is 0 Å². The molecule has 1 aromatic heterocycles. The molecule has 0 atom stereocenters. The van der Waals surface area contributed by atoms with Gasteiger partial charge in [0.05, 0.1) is 11.3 Å². The lowest BCUT2D eigenvalue weighted by molar-refractivity contribution is -0.137. The Kier molecular flexibility index (Phi) is 6.30. The number of carbonyl (C=O) groups excluding carboxylic acids is 1. The predicted molar refractivity (Wildman–Crippen MR) is 93.8 cm³/mol. The van der Waals surface area contributed by atoms with Crippen LogP contribution in [0.2, 0.25) is 0 Å². The van der Waals surface area contributed by atoms with Crippen LogP contribution in [0.25, 0.3) is 5.69 Å². The van der Waals surface area contributed by atoms with Gasteiger partial charge >= 0.3 is 6.18 Å². The van der Waals surface area contributed by atoms with E-state index in [1.165, 1.54) is 29.1 Å². The van der Waals surface area contributed by atoms with Crippen molar-refractivity contribution in [3.05, 3.63) is 47.8 Å². The molecule has 5 nitrogen and oxygen atoms in total. The van der Waals surface area contributed by atoms with Crippen LogP contribution in [-0.2, 0) is 6.18 Å². The van der Waals surface area contributed by atoms with Gasteiger partial charge in [-0.05, 0) is 50.2 Å². The number of carbonyl (C=O) groups is 1. The quantitative estimate of drug-likeness (QED) is 0.878. The zero-order chi connectivity index (χ0) is 18.0. The van der Waals surface area contributed by atoms with Crippen LogP contribution in [0, 0.1) is 0 Å². The zero-order valence-corrected chi connectivity index (χ0v) is 15.0. The highest BCUT2D eigenvalue weighted by molar-refractivity contribution is 5.92. The van der Waals surface area contributed by atoms with Gasteiger partial charge < -0.3 is 10.2 Å². The SMILES string of the molecule is CN(C(=O)c1ccn(-c2cccc(C(F)(F)F)c2)n1)C1CCNCC1.Cl. The number of hydrogen-bond acceptors (Lipinski definition) is 3. The number of alkyl halides is 3. The molecule has 0 saturated carbocycles. The van der Waals surface area contributed by atoms with Gasteiger partial charge in [-0.1, -0.05) is 6.07 Å². The molecule has 142 valence electrons. The molecular weight excluding hydrogens is 369 g/mol. The maximum atomic E-state index is 12.8. The van der Waals surface area contributed by atoms with E-state index in [1.54, 1.807) is 11.9 Å². The summed E-state index contributed by atoms with van der Waals surface area (Å²) in [5.74, 6) is -0.224. The minimum Gasteiger partial charge on any atom is -0.337 e. The molecule has 3 rings (SSSR count). The molecule has 0 unspecified atom stereocenters. The highest BCUT2D eigenvalue weighted by Crippen LogP contribution is 2.30. The van der Waals surface area contributed by atoms with Crippen molar-refractivity contribution in [1.82, 2.24) is 20.0 Å². The van der Waals surface area contributed by atoms with E-state index in [0.717, 1.165) is 38.1 Å². The van der Waals surface area contributed by atoms with Gasteiger partial charge in [0.1, 0.15) is 0 Å². The van der Waals surface area contributed by atoms with Crippen LogP contribution in [-0.4, -0.2) is 46.8 Å². The Bertz CT molecular complexity index is 756. The van der Waals surface area contributed by atoms with E-state index >= 15 is 0 Å². The maximum absolute atomic E-state index is 12.8. The van der Waals surface area contributed by atoms with E-state index in [4.69, 9.17) is 0 Å². The minimum atomic E-state index is -4.42. The van der Waals surface area contributed by atoms with Crippen LogP contribution in [0.5, 0.6) is 0 Å². The molecule has 1 saturated heterocycles. The lowest BCUT2D eigenvalue weighted by atomic mass is 10.1. The van der Waals surface area contributed by atoms with Crippen molar-refractivity contribution >= 4 is 18.3 Å². The van der Waals surface area contributed by atoms with Crippen molar-refractivity contribution in [1.29, 1.82) is 0 Å². The Balaban J connectivity index is 0.00000243.